The van der Waals surface area contributed by atoms with Crippen LogP contribution in [0, 0.1) is 11.6 Å². The number of hydrogen-bond acceptors (Lipinski definition) is 4. The Morgan fingerprint density at radius 3 is 2.52 bits per heavy atom. The Labute approximate surface area is 129 Å². The Morgan fingerprint density at radius 2 is 1.83 bits per heavy atom. The van der Waals surface area contributed by atoms with Crippen molar-refractivity contribution in [3.05, 3.63) is 65.9 Å². The van der Waals surface area contributed by atoms with Crippen LogP contribution in [0.25, 0.3) is 11.3 Å². The smallest absolute Gasteiger partial charge is 0.277 e. The van der Waals surface area contributed by atoms with Gasteiger partial charge in [-0.2, -0.15) is 0 Å². The number of aromatic hydroxyl groups is 1. The van der Waals surface area contributed by atoms with Crippen LogP contribution in [0.4, 0.5) is 14.5 Å². The Balaban J connectivity index is 1.79. The van der Waals surface area contributed by atoms with Crippen LogP contribution in [0.1, 0.15) is 10.5 Å². The van der Waals surface area contributed by atoms with Crippen LogP contribution in [0.3, 0.4) is 0 Å². The lowest BCUT2D eigenvalue weighted by molar-refractivity contribution is 0.101. The molecule has 0 unspecified atom stereocenters. The summed E-state index contributed by atoms with van der Waals surface area (Å²) in [4.78, 5) is 12.0. The molecule has 1 heterocycles. The second-order valence-corrected chi connectivity index (χ2v) is 4.70. The molecule has 0 fully saturated rings. The van der Waals surface area contributed by atoms with Crippen LogP contribution in [0.5, 0.6) is 5.75 Å². The number of phenolic OH excluding ortho intramolecular Hbond substituents is 1. The van der Waals surface area contributed by atoms with Crippen LogP contribution in [-0.4, -0.2) is 16.2 Å². The molecular formula is C16H10F2N2O3. The lowest BCUT2D eigenvalue weighted by Gasteiger charge is -2.03. The van der Waals surface area contributed by atoms with Gasteiger partial charge in [-0.05, 0) is 36.4 Å². The molecule has 0 saturated heterocycles. The van der Waals surface area contributed by atoms with Gasteiger partial charge in [-0.15, -0.1) is 0 Å². The Kier molecular flexibility index (Phi) is 3.76. The summed E-state index contributed by atoms with van der Waals surface area (Å²) >= 11 is 0. The molecule has 7 heteroatoms. The van der Waals surface area contributed by atoms with Gasteiger partial charge in [0.1, 0.15) is 17.4 Å². The first-order chi connectivity index (χ1) is 11.0. The van der Waals surface area contributed by atoms with E-state index in [1.165, 1.54) is 18.2 Å². The van der Waals surface area contributed by atoms with Gasteiger partial charge in [-0.3, -0.25) is 4.79 Å². The summed E-state index contributed by atoms with van der Waals surface area (Å²) in [6, 6.07) is 10.3. The second kappa shape index (κ2) is 5.88. The van der Waals surface area contributed by atoms with E-state index >= 15 is 0 Å². The number of anilines is 1. The van der Waals surface area contributed by atoms with Gasteiger partial charge in [-0.1, -0.05) is 5.16 Å². The number of nitrogens with zero attached hydrogens (tertiary/aromatic N) is 1. The molecule has 2 N–H and O–H groups in total. The maximum Gasteiger partial charge on any atom is 0.277 e. The summed E-state index contributed by atoms with van der Waals surface area (Å²) < 4.78 is 31.4. The number of aromatic nitrogens is 1. The fourth-order valence-corrected chi connectivity index (χ4v) is 1.92. The van der Waals surface area contributed by atoms with Gasteiger partial charge in [-0.25, -0.2) is 8.78 Å². The maximum atomic E-state index is 13.5. The van der Waals surface area contributed by atoms with Crippen LogP contribution in [0.15, 0.2) is 53.1 Å². The highest BCUT2D eigenvalue weighted by molar-refractivity contribution is 6.03. The van der Waals surface area contributed by atoms with E-state index < -0.39 is 17.5 Å². The van der Waals surface area contributed by atoms with E-state index in [1.807, 2.05) is 0 Å². The third kappa shape index (κ3) is 3.18. The zero-order chi connectivity index (χ0) is 16.4. The van der Waals surface area contributed by atoms with Crippen molar-refractivity contribution in [3.8, 4) is 17.1 Å². The van der Waals surface area contributed by atoms with Gasteiger partial charge in [0.05, 0.1) is 5.69 Å². The summed E-state index contributed by atoms with van der Waals surface area (Å²) in [5.74, 6) is -1.91. The first kappa shape index (κ1) is 14.7. The van der Waals surface area contributed by atoms with E-state index in [-0.39, 0.29) is 17.1 Å². The lowest BCUT2D eigenvalue weighted by Crippen LogP contribution is -2.13. The van der Waals surface area contributed by atoms with Gasteiger partial charge in [0, 0.05) is 17.7 Å². The third-order valence-corrected chi connectivity index (χ3v) is 3.07. The van der Waals surface area contributed by atoms with E-state index in [1.54, 1.807) is 12.1 Å². The summed E-state index contributed by atoms with van der Waals surface area (Å²) in [5, 5.41) is 15.1. The largest absolute Gasteiger partial charge is 0.508 e. The van der Waals surface area contributed by atoms with Gasteiger partial charge in [0.2, 0.25) is 0 Å². The molecule has 0 aliphatic rings. The standard InChI is InChI=1S/C16H10F2N2O3/c17-10-3-6-13(12(18)7-10)19-16(22)14-8-15(23-20-14)9-1-4-11(21)5-2-9/h1-8,21H,(H,19,22). The third-order valence-electron chi connectivity index (χ3n) is 3.07. The predicted molar refractivity (Wildman–Crippen MR) is 77.9 cm³/mol. The number of benzene rings is 2. The normalized spacial score (nSPS) is 10.5. The molecular weight excluding hydrogens is 306 g/mol. The van der Waals surface area contributed by atoms with Crippen LogP contribution in [0.2, 0.25) is 0 Å². The number of carbonyl (C=O) groups is 1. The number of carbonyl (C=O) groups excluding carboxylic acids is 1. The molecule has 3 rings (SSSR count). The van der Waals surface area contributed by atoms with E-state index in [4.69, 9.17) is 4.52 Å². The number of nitrogens with one attached hydrogen (secondary N) is 1. The summed E-state index contributed by atoms with van der Waals surface area (Å²) in [6.07, 6.45) is 0. The van der Waals surface area contributed by atoms with Gasteiger partial charge >= 0.3 is 0 Å². The highest BCUT2D eigenvalue weighted by Gasteiger charge is 2.15. The fourth-order valence-electron chi connectivity index (χ4n) is 1.92. The van der Waals surface area contributed by atoms with Crippen molar-refractivity contribution in [2.45, 2.75) is 0 Å². The van der Waals surface area contributed by atoms with E-state index in [9.17, 15) is 18.7 Å². The average molecular weight is 316 g/mol. The molecule has 1 aromatic heterocycles. The topological polar surface area (TPSA) is 75.4 Å². The molecule has 0 saturated carbocycles. The number of halogens is 2. The van der Waals surface area contributed by atoms with Crippen molar-refractivity contribution in [1.82, 2.24) is 5.16 Å². The molecule has 2 aromatic carbocycles. The van der Waals surface area contributed by atoms with Crippen LogP contribution in [-0.2, 0) is 0 Å². The Hall–Kier alpha value is -3.22. The van der Waals surface area contributed by atoms with Gasteiger partial charge < -0.3 is 14.9 Å². The Morgan fingerprint density at radius 1 is 1.09 bits per heavy atom. The lowest BCUT2D eigenvalue weighted by atomic mass is 10.1. The van der Waals surface area contributed by atoms with E-state index in [0.29, 0.717) is 17.4 Å². The molecule has 0 radical (unpaired) electrons. The molecule has 1 amide bonds. The highest BCUT2D eigenvalue weighted by atomic mass is 19.1. The molecule has 116 valence electrons. The summed E-state index contributed by atoms with van der Waals surface area (Å²) in [6.45, 7) is 0. The van der Waals surface area contributed by atoms with Crippen molar-refractivity contribution < 1.29 is 23.2 Å². The van der Waals surface area contributed by atoms with E-state index in [2.05, 4.69) is 10.5 Å². The number of phenols is 1. The molecule has 0 spiro atoms. The van der Waals surface area contributed by atoms with Crippen molar-refractivity contribution in [2.24, 2.45) is 0 Å². The van der Waals surface area contributed by atoms with Crippen molar-refractivity contribution >= 4 is 11.6 Å². The first-order valence-electron chi connectivity index (χ1n) is 6.55. The Bertz CT molecular complexity index is 860. The molecule has 5 nitrogen and oxygen atoms in total. The minimum atomic E-state index is -0.888. The molecule has 3 aromatic rings. The quantitative estimate of drug-likeness (QED) is 0.774. The van der Waals surface area contributed by atoms with E-state index in [0.717, 1.165) is 12.1 Å². The molecule has 0 atom stereocenters. The predicted octanol–water partition coefficient (Wildman–Crippen LogP) is 3.58. The van der Waals surface area contributed by atoms with Gasteiger partial charge in [0.15, 0.2) is 11.5 Å². The van der Waals surface area contributed by atoms with Crippen LogP contribution < -0.4 is 5.32 Å². The van der Waals surface area contributed by atoms with Crippen molar-refractivity contribution in [1.29, 1.82) is 0 Å². The average Bonchev–Trinajstić information content (AvgIpc) is 3.01. The fraction of sp³-hybridized carbons (Fsp3) is 0. The van der Waals surface area contributed by atoms with Crippen molar-refractivity contribution in [3.63, 3.8) is 0 Å². The second-order valence-electron chi connectivity index (χ2n) is 4.70. The zero-order valence-corrected chi connectivity index (χ0v) is 11.6. The zero-order valence-electron chi connectivity index (χ0n) is 11.6. The van der Waals surface area contributed by atoms with Crippen molar-refractivity contribution in [2.75, 3.05) is 5.32 Å². The maximum absolute atomic E-state index is 13.5. The monoisotopic (exact) mass is 316 g/mol. The molecule has 23 heavy (non-hydrogen) atoms. The molecule has 0 bridgehead atoms. The number of amides is 1. The highest BCUT2D eigenvalue weighted by Crippen LogP contribution is 2.23. The van der Waals surface area contributed by atoms with Gasteiger partial charge in [0.25, 0.3) is 5.91 Å². The minimum absolute atomic E-state index is 0.0585. The number of hydrogen-bond donors (Lipinski definition) is 2. The minimum Gasteiger partial charge on any atom is -0.508 e. The molecule has 0 aliphatic heterocycles. The number of rotatable bonds is 3. The summed E-state index contributed by atoms with van der Waals surface area (Å²) in [5.41, 5.74) is 0.393. The van der Waals surface area contributed by atoms with Crippen LogP contribution >= 0.6 is 0 Å². The SMILES string of the molecule is O=C(Nc1ccc(F)cc1F)c1cc(-c2ccc(O)cc2)on1. The summed E-state index contributed by atoms with van der Waals surface area (Å²) in [7, 11) is 0. The first-order valence-corrected chi connectivity index (χ1v) is 6.55. The molecule has 0 aliphatic carbocycles.